The molecule has 0 bridgehead atoms. The number of nitrogens with one attached hydrogen (secondary N) is 1. The lowest BCUT2D eigenvalue weighted by molar-refractivity contribution is 0.306. The molecule has 0 radical (unpaired) electrons. The van der Waals surface area contributed by atoms with Gasteiger partial charge in [0.1, 0.15) is 30.3 Å². The number of hydrogen-bond donors (Lipinski definition) is 1. The predicted molar refractivity (Wildman–Crippen MR) is 118 cm³/mol. The molecule has 0 spiro atoms. The molecule has 1 N–H and O–H groups in total. The first-order valence-electron chi connectivity index (χ1n) is 9.38. The summed E-state index contributed by atoms with van der Waals surface area (Å²) in [4.78, 5) is 8.64. The zero-order valence-electron chi connectivity index (χ0n) is 16.9. The highest BCUT2D eigenvalue weighted by Gasteiger charge is 2.12. The van der Waals surface area contributed by atoms with Crippen molar-refractivity contribution in [1.29, 1.82) is 0 Å². The second-order valence-electron chi connectivity index (χ2n) is 6.64. The summed E-state index contributed by atoms with van der Waals surface area (Å²) >= 11 is 6.39. The second kappa shape index (κ2) is 9.06. The summed E-state index contributed by atoms with van der Waals surface area (Å²) < 4.78 is 29.8. The monoisotopic (exact) mass is 439 g/mol. The number of halogens is 2. The van der Waals surface area contributed by atoms with E-state index in [0.717, 1.165) is 16.6 Å². The van der Waals surface area contributed by atoms with Crippen molar-refractivity contribution in [3.63, 3.8) is 0 Å². The van der Waals surface area contributed by atoms with E-state index < -0.39 is 0 Å². The van der Waals surface area contributed by atoms with Crippen LogP contribution in [0.1, 0.15) is 5.56 Å². The van der Waals surface area contributed by atoms with E-state index in [9.17, 15) is 4.39 Å². The van der Waals surface area contributed by atoms with Crippen LogP contribution in [-0.2, 0) is 6.61 Å². The number of nitrogens with zero attached hydrogens (tertiary/aromatic N) is 2. The number of hydrogen-bond acceptors (Lipinski definition) is 6. The molecule has 0 saturated heterocycles. The minimum absolute atomic E-state index is 0.211. The molecule has 0 unspecified atom stereocenters. The molecule has 8 heteroatoms. The molecule has 158 valence electrons. The van der Waals surface area contributed by atoms with Crippen molar-refractivity contribution in [3.8, 4) is 17.2 Å². The van der Waals surface area contributed by atoms with Gasteiger partial charge in [0.25, 0.3) is 0 Å². The Labute approximate surface area is 183 Å². The number of aromatic nitrogens is 2. The molecule has 0 amide bonds. The first kappa shape index (κ1) is 20.7. The van der Waals surface area contributed by atoms with Crippen LogP contribution in [0.15, 0.2) is 60.9 Å². The maximum absolute atomic E-state index is 13.3. The fraction of sp³-hybridized carbons (Fsp3) is 0.130. The third kappa shape index (κ3) is 4.62. The van der Waals surface area contributed by atoms with Gasteiger partial charge in [0.15, 0.2) is 11.5 Å². The summed E-state index contributed by atoms with van der Waals surface area (Å²) in [5.41, 5.74) is 2.14. The number of methoxy groups -OCH3 is 2. The van der Waals surface area contributed by atoms with Gasteiger partial charge >= 0.3 is 0 Å². The number of rotatable bonds is 7. The molecule has 0 atom stereocenters. The van der Waals surface area contributed by atoms with Crippen molar-refractivity contribution < 1.29 is 18.6 Å². The predicted octanol–water partition coefficient (Wildman–Crippen LogP) is 5.76. The van der Waals surface area contributed by atoms with E-state index in [2.05, 4.69) is 15.3 Å². The number of fused-ring (bicyclic) bond motifs is 1. The number of benzene rings is 3. The Balaban J connectivity index is 1.56. The van der Waals surface area contributed by atoms with E-state index in [1.807, 2.05) is 12.1 Å². The normalized spacial score (nSPS) is 10.7. The maximum atomic E-state index is 13.3. The van der Waals surface area contributed by atoms with Crippen molar-refractivity contribution in [2.45, 2.75) is 6.61 Å². The van der Waals surface area contributed by atoms with E-state index in [4.69, 9.17) is 25.8 Å². The SMILES string of the molecule is COc1cc2ncnc(Nc3ccc(OCc4cccc(F)c4)c(Cl)c3)c2cc1OC. The molecule has 0 aliphatic heterocycles. The zero-order valence-corrected chi connectivity index (χ0v) is 17.6. The first-order valence-corrected chi connectivity index (χ1v) is 9.75. The van der Waals surface area contributed by atoms with Crippen LogP contribution in [0.2, 0.25) is 5.02 Å². The van der Waals surface area contributed by atoms with Gasteiger partial charge in [0.2, 0.25) is 0 Å². The highest BCUT2D eigenvalue weighted by molar-refractivity contribution is 6.32. The molecule has 6 nitrogen and oxygen atoms in total. The largest absolute Gasteiger partial charge is 0.493 e. The third-order valence-corrected chi connectivity index (χ3v) is 4.91. The summed E-state index contributed by atoms with van der Waals surface area (Å²) in [6.45, 7) is 0.211. The van der Waals surface area contributed by atoms with E-state index in [1.165, 1.54) is 18.5 Å². The maximum Gasteiger partial charge on any atom is 0.162 e. The van der Waals surface area contributed by atoms with E-state index in [-0.39, 0.29) is 12.4 Å². The average molecular weight is 440 g/mol. The molecule has 0 aliphatic carbocycles. The molecule has 4 rings (SSSR count). The molecule has 3 aromatic carbocycles. The van der Waals surface area contributed by atoms with Crippen molar-refractivity contribution in [2.24, 2.45) is 0 Å². The summed E-state index contributed by atoms with van der Waals surface area (Å²) in [5, 5.41) is 4.43. The lowest BCUT2D eigenvalue weighted by atomic mass is 10.2. The van der Waals surface area contributed by atoms with Gasteiger partial charge in [-0.1, -0.05) is 23.7 Å². The van der Waals surface area contributed by atoms with Crippen molar-refractivity contribution >= 4 is 34.0 Å². The van der Waals surface area contributed by atoms with Crippen LogP contribution >= 0.6 is 11.6 Å². The summed E-state index contributed by atoms with van der Waals surface area (Å²) in [6.07, 6.45) is 1.47. The quantitative estimate of drug-likeness (QED) is 0.395. The standard InChI is InChI=1S/C23H19ClFN3O3/c1-29-21-10-17-19(11-22(21)30-2)26-13-27-23(17)28-16-6-7-20(18(24)9-16)31-12-14-4-3-5-15(25)8-14/h3-11,13H,12H2,1-2H3,(H,26,27,28). The van der Waals surface area contributed by atoms with Crippen LogP contribution in [0.3, 0.4) is 0 Å². The van der Waals surface area contributed by atoms with Gasteiger partial charge in [0, 0.05) is 17.1 Å². The van der Waals surface area contributed by atoms with Gasteiger partial charge in [-0.3, -0.25) is 0 Å². The van der Waals surface area contributed by atoms with Crippen LogP contribution in [-0.4, -0.2) is 24.2 Å². The smallest absolute Gasteiger partial charge is 0.162 e. The summed E-state index contributed by atoms with van der Waals surface area (Å²) in [7, 11) is 3.15. The van der Waals surface area contributed by atoms with E-state index in [1.54, 1.807) is 44.6 Å². The van der Waals surface area contributed by atoms with Crippen LogP contribution in [0.4, 0.5) is 15.9 Å². The van der Waals surface area contributed by atoms with Crippen LogP contribution in [0, 0.1) is 5.82 Å². The Bertz CT molecular complexity index is 1240. The molecular formula is C23H19ClFN3O3. The van der Waals surface area contributed by atoms with E-state index in [0.29, 0.717) is 33.6 Å². The Kier molecular flexibility index (Phi) is 6.04. The van der Waals surface area contributed by atoms with Crippen LogP contribution in [0.25, 0.3) is 10.9 Å². The minimum atomic E-state index is -0.307. The van der Waals surface area contributed by atoms with Gasteiger partial charge in [-0.05, 0) is 42.0 Å². The Morgan fingerprint density at radius 3 is 2.48 bits per heavy atom. The Morgan fingerprint density at radius 1 is 0.935 bits per heavy atom. The van der Waals surface area contributed by atoms with E-state index >= 15 is 0 Å². The molecule has 4 aromatic rings. The van der Waals surface area contributed by atoms with Gasteiger partial charge in [-0.2, -0.15) is 0 Å². The highest BCUT2D eigenvalue weighted by atomic mass is 35.5. The van der Waals surface area contributed by atoms with Crippen LogP contribution < -0.4 is 19.5 Å². The minimum Gasteiger partial charge on any atom is -0.493 e. The fourth-order valence-electron chi connectivity index (χ4n) is 3.10. The molecule has 0 saturated carbocycles. The molecule has 1 heterocycles. The number of anilines is 2. The van der Waals surface area contributed by atoms with Gasteiger partial charge in [-0.15, -0.1) is 0 Å². The average Bonchev–Trinajstić information content (AvgIpc) is 2.78. The summed E-state index contributed by atoms with van der Waals surface area (Å²) in [6, 6.07) is 15.1. The van der Waals surface area contributed by atoms with Gasteiger partial charge in [0.05, 0.1) is 24.8 Å². The zero-order chi connectivity index (χ0) is 21.8. The third-order valence-electron chi connectivity index (χ3n) is 4.62. The summed E-state index contributed by atoms with van der Waals surface area (Å²) in [5.74, 6) is 1.94. The molecular weight excluding hydrogens is 421 g/mol. The molecule has 0 fully saturated rings. The highest BCUT2D eigenvalue weighted by Crippen LogP contribution is 2.35. The van der Waals surface area contributed by atoms with Gasteiger partial charge in [-0.25, -0.2) is 14.4 Å². The van der Waals surface area contributed by atoms with Crippen molar-refractivity contribution in [2.75, 3.05) is 19.5 Å². The van der Waals surface area contributed by atoms with Crippen molar-refractivity contribution in [3.05, 3.63) is 77.3 Å². The lowest BCUT2D eigenvalue weighted by Crippen LogP contribution is -1.99. The Hall–Kier alpha value is -3.58. The first-order chi connectivity index (χ1) is 15.1. The topological polar surface area (TPSA) is 65.5 Å². The second-order valence-corrected chi connectivity index (χ2v) is 7.04. The molecule has 1 aromatic heterocycles. The van der Waals surface area contributed by atoms with Crippen LogP contribution in [0.5, 0.6) is 17.2 Å². The van der Waals surface area contributed by atoms with Gasteiger partial charge < -0.3 is 19.5 Å². The van der Waals surface area contributed by atoms with Crippen molar-refractivity contribution in [1.82, 2.24) is 9.97 Å². The Morgan fingerprint density at radius 2 is 1.74 bits per heavy atom. The lowest BCUT2D eigenvalue weighted by Gasteiger charge is -2.13. The number of ether oxygens (including phenoxy) is 3. The molecule has 31 heavy (non-hydrogen) atoms. The fourth-order valence-corrected chi connectivity index (χ4v) is 3.34. The molecule has 0 aliphatic rings.